The van der Waals surface area contributed by atoms with Gasteiger partial charge in [0, 0.05) is 12.1 Å². The molecule has 2 radical (unpaired) electrons. The molecule has 3 rings (SSSR count). The SMILES string of the molecule is CC1CC[C](C2CC[C](C(F)(F)Oc3cc(F)c(F)c(F)c3)CC2)CC1. The fourth-order valence-corrected chi connectivity index (χ4v) is 4.02. The molecule has 0 unspecified atom stereocenters. The lowest BCUT2D eigenvalue weighted by Gasteiger charge is -2.38. The number of halogens is 5. The van der Waals surface area contributed by atoms with Gasteiger partial charge in [0.2, 0.25) is 0 Å². The topological polar surface area (TPSA) is 9.23 Å². The Morgan fingerprint density at radius 1 is 0.885 bits per heavy atom. The molecular formula is C20H23F5O. The van der Waals surface area contributed by atoms with Crippen molar-refractivity contribution >= 4 is 0 Å². The standard InChI is InChI=1S/C20H23F5O/c1-12-2-4-13(5-3-12)14-6-8-15(9-7-14)20(24,25)26-16-10-17(21)19(23)18(22)11-16/h10-12,14H,2-9H2,1H3. The second-order valence-corrected chi connectivity index (χ2v) is 7.54. The molecule has 1 nitrogen and oxygen atoms in total. The van der Waals surface area contributed by atoms with E-state index in [1.54, 1.807) is 0 Å². The third-order valence-corrected chi connectivity index (χ3v) is 5.70. The second-order valence-electron chi connectivity index (χ2n) is 7.54. The third-order valence-electron chi connectivity index (χ3n) is 5.70. The van der Waals surface area contributed by atoms with Crippen LogP contribution in [0.15, 0.2) is 12.1 Å². The largest absolute Gasteiger partial charge is 0.432 e. The zero-order valence-electron chi connectivity index (χ0n) is 14.8. The van der Waals surface area contributed by atoms with Crippen molar-refractivity contribution in [1.29, 1.82) is 0 Å². The van der Waals surface area contributed by atoms with E-state index < -0.39 is 29.3 Å². The van der Waals surface area contributed by atoms with Gasteiger partial charge < -0.3 is 4.74 Å². The summed E-state index contributed by atoms with van der Waals surface area (Å²) in [5.41, 5.74) is 0. The van der Waals surface area contributed by atoms with Gasteiger partial charge in [-0.2, -0.15) is 8.78 Å². The summed E-state index contributed by atoms with van der Waals surface area (Å²) < 4.78 is 72.6. The second kappa shape index (κ2) is 7.73. The van der Waals surface area contributed by atoms with Gasteiger partial charge in [0.1, 0.15) is 5.75 Å². The van der Waals surface area contributed by atoms with Gasteiger partial charge in [-0.05, 0) is 56.3 Å². The molecule has 1 aromatic rings. The molecule has 0 aliphatic heterocycles. The minimum atomic E-state index is -3.62. The van der Waals surface area contributed by atoms with Crippen LogP contribution in [0.1, 0.15) is 58.3 Å². The number of benzene rings is 1. The van der Waals surface area contributed by atoms with E-state index >= 15 is 0 Å². The van der Waals surface area contributed by atoms with Gasteiger partial charge in [0.15, 0.2) is 17.5 Å². The number of alkyl halides is 2. The van der Waals surface area contributed by atoms with Gasteiger partial charge in [-0.15, -0.1) is 0 Å². The molecule has 2 aliphatic rings. The lowest BCUT2D eigenvalue weighted by Crippen LogP contribution is -2.36. The fraction of sp³-hybridized carbons (Fsp3) is 0.600. The van der Waals surface area contributed by atoms with E-state index in [0.29, 0.717) is 30.9 Å². The maximum absolute atomic E-state index is 14.4. The Hall–Kier alpha value is -1.33. The molecule has 0 heterocycles. The Morgan fingerprint density at radius 2 is 1.42 bits per heavy atom. The van der Waals surface area contributed by atoms with Gasteiger partial charge in [0.05, 0.1) is 5.92 Å². The van der Waals surface area contributed by atoms with Crippen LogP contribution in [0.2, 0.25) is 0 Å². The molecule has 144 valence electrons. The first-order valence-corrected chi connectivity index (χ1v) is 9.17. The van der Waals surface area contributed by atoms with Crippen LogP contribution in [0.4, 0.5) is 22.0 Å². The molecule has 0 N–H and O–H groups in total. The van der Waals surface area contributed by atoms with Crippen LogP contribution in [-0.4, -0.2) is 6.11 Å². The number of hydrogen-bond donors (Lipinski definition) is 0. The maximum Gasteiger partial charge on any atom is 0.404 e. The minimum absolute atomic E-state index is 0.0660. The summed E-state index contributed by atoms with van der Waals surface area (Å²) in [6, 6.07) is 0.884. The summed E-state index contributed by atoms with van der Waals surface area (Å²) >= 11 is 0. The summed E-state index contributed by atoms with van der Waals surface area (Å²) in [4.78, 5) is 0. The Bertz CT molecular complexity index is 594. The highest BCUT2D eigenvalue weighted by Crippen LogP contribution is 2.47. The van der Waals surface area contributed by atoms with Crippen LogP contribution >= 0.6 is 0 Å². The Labute approximate surface area is 150 Å². The van der Waals surface area contributed by atoms with Gasteiger partial charge in [0.25, 0.3) is 0 Å². The van der Waals surface area contributed by atoms with E-state index in [-0.39, 0.29) is 18.8 Å². The molecular weight excluding hydrogens is 351 g/mol. The van der Waals surface area contributed by atoms with E-state index in [9.17, 15) is 22.0 Å². The van der Waals surface area contributed by atoms with E-state index in [4.69, 9.17) is 0 Å². The maximum atomic E-state index is 14.4. The van der Waals surface area contributed by atoms with Crippen molar-refractivity contribution in [2.45, 2.75) is 64.4 Å². The zero-order chi connectivity index (χ0) is 18.9. The summed E-state index contributed by atoms with van der Waals surface area (Å²) in [5.74, 6) is -2.97. The van der Waals surface area contributed by atoms with E-state index in [0.717, 1.165) is 18.8 Å². The summed E-state index contributed by atoms with van der Waals surface area (Å²) in [6.07, 6.45) is 2.66. The Kier molecular flexibility index (Phi) is 5.78. The molecule has 2 saturated carbocycles. The molecule has 0 saturated heterocycles. The minimum Gasteiger partial charge on any atom is -0.432 e. The van der Waals surface area contributed by atoms with Crippen LogP contribution < -0.4 is 4.74 Å². The summed E-state index contributed by atoms with van der Waals surface area (Å²) in [7, 11) is 0. The van der Waals surface area contributed by atoms with Crippen LogP contribution in [-0.2, 0) is 0 Å². The monoisotopic (exact) mass is 374 g/mol. The molecule has 0 bridgehead atoms. The third kappa shape index (κ3) is 4.32. The van der Waals surface area contributed by atoms with Crippen molar-refractivity contribution < 1.29 is 26.7 Å². The molecule has 2 fully saturated rings. The highest BCUT2D eigenvalue weighted by atomic mass is 19.3. The number of hydrogen-bond acceptors (Lipinski definition) is 1. The molecule has 0 amide bonds. The van der Waals surface area contributed by atoms with Gasteiger partial charge in [-0.3, -0.25) is 0 Å². The van der Waals surface area contributed by atoms with Crippen LogP contribution in [0.3, 0.4) is 0 Å². The molecule has 6 heteroatoms. The van der Waals surface area contributed by atoms with Crippen LogP contribution in [0.25, 0.3) is 0 Å². The van der Waals surface area contributed by atoms with Crippen molar-refractivity contribution in [2.75, 3.05) is 0 Å². The predicted molar refractivity (Wildman–Crippen MR) is 88.0 cm³/mol. The molecule has 2 aliphatic carbocycles. The van der Waals surface area contributed by atoms with Crippen molar-refractivity contribution in [3.05, 3.63) is 41.4 Å². The van der Waals surface area contributed by atoms with Crippen molar-refractivity contribution in [3.63, 3.8) is 0 Å². The van der Waals surface area contributed by atoms with Crippen molar-refractivity contribution in [3.8, 4) is 5.75 Å². The van der Waals surface area contributed by atoms with Crippen molar-refractivity contribution in [2.24, 2.45) is 11.8 Å². The average molecular weight is 374 g/mol. The van der Waals surface area contributed by atoms with E-state index in [1.807, 2.05) is 0 Å². The number of ether oxygens (including phenoxy) is 1. The van der Waals surface area contributed by atoms with Gasteiger partial charge in [-0.1, -0.05) is 19.8 Å². The summed E-state index contributed by atoms with van der Waals surface area (Å²) in [6.45, 7) is 2.24. The van der Waals surface area contributed by atoms with E-state index in [1.165, 1.54) is 18.8 Å². The molecule has 0 spiro atoms. The highest BCUT2D eigenvalue weighted by Gasteiger charge is 2.46. The van der Waals surface area contributed by atoms with Crippen LogP contribution in [0.5, 0.6) is 5.75 Å². The molecule has 0 atom stereocenters. The molecule has 1 aromatic carbocycles. The van der Waals surface area contributed by atoms with E-state index in [2.05, 4.69) is 11.7 Å². The average Bonchev–Trinajstić information content (AvgIpc) is 2.60. The molecule has 26 heavy (non-hydrogen) atoms. The Morgan fingerprint density at radius 3 is 1.96 bits per heavy atom. The van der Waals surface area contributed by atoms with Gasteiger partial charge in [-0.25, -0.2) is 13.2 Å². The first-order valence-electron chi connectivity index (χ1n) is 9.17. The first-order chi connectivity index (χ1) is 12.3. The summed E-state index contributed by atoms with van der Waals surface area (Å²) in [5, 5.41) is 0. The normalized spacial score (nSPS) is 21.9. The Balaban J connectivity index is 1.57. The fourth-order valence-electron chi connectivity index (χ4n) is 4.02. The lowest BCUT2D eigenvalue weighted by molar-refractivity contribution is -0.168. The van der Waals surface area contributed by atoms with Gasteiger partial charge >= 0.3 is 6.11 Å². The molecule has 0 aromatic heterocycles. The smallest absolute Gasteiger partial charge is 0.404 e. The zero-order valence-corrected chi connectivity index (χ0v) is 14.8. The quantitative estimate of drug-likeness (QED) is 0.425. The van der Waals surface area contributed by atoms with Crippen LogP contribution in [0, 0.1) is 41.1 Å². The lowest BCUT2D eigenvalue weighted by atomic mass is 9.69. The predicted octanol–water partition coefficient (Wildman–Crippen LogP) is 6.62. The first kappa shape index (κ1) is 19.4. The van der Waals surface area contributed by atoms with Crippen molar-refractivity contribution in [1.82, 2.24) is 0 Å². The number of rotatable bonds is 4. The highest BCUT2D eigenvalue weighted by molar-refractivity contribution is 5.26.